The van der Waals surface area contributed by atoms with Gasteiger partial charge in [0.1, 0.15) is 0 Å². The summed E-state index contributed by atoms with van der Waals surface area (Å²) in [5.74, 6) is -0.168. The molecule has 2 heterocycles. The first kappa shape index (κ1) is 18.6. The Morgan fingerprint density at radius 2 is 1.92 bits per heavy atom. The number of hydrogen-bond donors (Lipinski definition) is 0. The number of piperidine rings is 1. The number of carbonyl (C=O) groups is 1. The van der Waals surface area contributed by atoms with Gasteiger partial charge in [0.25, 0.3) is 0 Å². The fraction of sp³-hybridized carbons (Fsp3) is 0.444. The predicted molar refractivity (Wildman–Crippen MR) is 94.1 cm³/mol. The summed E-state index contributed by atoms with van der Waals surface area (Å²) < 4.78 is 37.5. The molecule has 0 radical (unpaired) electrons. The monoisotopic (exact) mass is 378 g/mol. The third-order valence-electron chi connectivity index (χ3n) is 4.38. The van der Waals surface area contributed by atoms with Gasteiger partial charge in [-0.3, -0.25) is 0 Å². The van der Waals surface area contributed by atoms with Crippen LogP contribution in [0.2, 0.25) is 0 Å². The van der Waals surface area contributed by atoms with Crippen molar-refractivity contribution in [2.75, 3.05) is 13.1 Å². The zero-order valence-corrected chi connectivity index (χ0v) is 15.7. The Balaban J connectivity index is 1.79. The lowest BCUT2D eigenvalue weighted by atomic mass is 10.1. The van der Waals surface area contributed by atoms with Gasteiger partial charge in [0.15, 0.2) is 12.4 Å². The van der Waals surface area contributed by atoms with E-state index in [1.165, 1.54) is 10.4 Å². The van der Waals surface area contributed by atoms with Crippen LogP contribution >= 0.6 is 0 Å². The molecular weight excluding hydrogens is 356 g/mol. The van der Waals surface area contributed by atoms with Gasteiger partial charge in [-0.15, -0.1) is 0 Å². The third kappa shape index (κ3) is 3.96. The van der Waals surface area contributed by atoms with E-state index in [9.17, 15) is 13.2 Å². The average Bonchev–Trinajstić information content (AvgIpc) is 3.06. The summed E-state index contributed by atoms with van der Waals surface area (Å²) in [7, 11) is -3.62. The topological polar surface area (TPSA) is 89.7 Å². The quantitative estimate of drug-likeness (QED) is 0.743. The molecule has 26 heavy (non-hydrogen) atoms. The van der Waals surface area contributed by atoms with Crippen molar-refractivity contribution in [2.45, 2.75) is 44.6 Å². The number of aromatic nitrogens is 1. The van der Waals surface area contributed by atoms with Gasteiger partial charge < -0.3 is 9.26 Å². The van der Waals surface area contributed by atoms with Crippen molar-refractivity contribution in [3.05, 3.63) is 46.8 Å². The number of carbonyl (C=O) groups excluding carboxylic acids is 1. The zero-order chi connectivity index (χ0) is 18.7. The number of ether oxygens (including phenoxy) is 1. The molecule has 1 aliphatic rings. The highest BCUT2D eigenvalue weighted by molar-refractivity contribution is 7.89. The van der Waals surface area contributed by atoms with Crippen LogP contribution in [0.5, 0.6) is 0 Å². The first-order valence-corrected chi connectivity index (χ1v) is 10.0. The van der Waals surface area contributed by atoms with Gasteiger partial charge in [0.2, 0.25) is 10.0 Å². The molecule has 1 aliphatic heterocycles. The minimum Gasteiger partial charge on any atom is -0.454 e. The molecule has 3 rings (SSSR count). The number of nitrogens with zero attached hydrogens (tertiary/aromatic N) is 2. The SMILES string of the molecule is Cc1cc(COC(=O)c2ccc(C)c(S(=O)(=O)N3CCCCC3)c2)on1. The highest BCUT2D eigenvalue weighted by Gasteiger charge is 2.28. The number of benzene rings is 1. The van der Waals surface area contributed by atoms with E-state index in [4.69, 9.17) is 9.26 Å². The Kier molecular flexibility index (Phi) is 5.43. The van der Waals surface area contributed by atoms with E-state index in [2.05, 4.69) is 5.16 Å². The van der Waals surface area contributed by atoms with Crippen molar-refractivity contribution >= 4 is 16.0 Å². The molecule has 7 nitrogen and oxygen atoms in total. The highest BCUT2D eigenvalue weighted by Crippen LogP contribution is 2.24. The second kappa shape index (κ2) is 7.59. The van der Waals surface area contributed by atoms with Gasteiger partial charge in [0, 0.05) is 19.2 Å². The van der Waals surface area contributed by atoms with Crippen LogP contribution in [0.15, 0.2) is 33.7 Å². The van der Waals surface area contributed by atoms with E-state index >= 15 is 0 Å². The van der Waals surface area contributed by atoms with E-state index in [1.54, 1.807) is 32.0 Å². The lowest BCUT2D eigenvalue weighted by Gasteiger charge is -2.26. The van der Waals surface area contributed by atoms with Crippen LogP contribution in [-0.2, 0) is 21.4 Å². The number of hydrogen-bond acceptors (Lipinski definition) is 6. The number of aryl methyl sites for hydroxylation is 2. The van der Waals surface area contributed by atoms with Crippen LogP contribution in [0.1, 0.15) is 46.6 Å². The van der Waals surface area contributed by atoms with Crippen molar-refractivity contribution in [2.24, 2.45) is 0 Å². The zero-order valence-electron chi connectivity index (χ0n) is 14.9. The molecule has 0 amide bonds. The summed E-state index contributed by atoms with van der Waals surface area (Å²) >= 11 is 0. The number of sulfonamides is 1. The standard InChI is InChI=1S/C18H22N2O5S/c1-13-6-7-15(18(21)24-12-16-10-14(2)19-25-16)11-17(13)26(22,23)20-8-4-3-5-9-20/h6-7,10-11H,3-5,8-9,12H2,1-2H3. The van der Waals surface area contributed by atoms with Gasteiger partial charge in [-0.25, -0.2) is 13.2 Å². The van der Waals surface area contributed by atoms with Gasteiger partial charge in [0.05, 0.1) is 16.2 Å². The smallest absolute Gasteiger partial charge is 0.338 e. The van der Waals surface area contributed by atoms with Crippen LogP contribution in [0.25, 0.3) is 0 Å². The normalized spacial score (nSPS) is 15.8. The third-order valence-corrected chi connectivity index (χ3v) is 6.42. The Bertz CT molecular complexity index is 898. The molecule has 8 heteroatoms. The Morgan fingerprint density at radius 3 is 2.58 bits per heavy atom. The largest absolute Gasteiger partial charge is 0.454 e. The Morgan fingerprint density at radius 1 is 1.19 bits per heavy atom. The first-order chi connectivity index (χ1) is 12.4. The van der Waals surface area contributed by atoms with E-state index < -0.39 is 16.0 Å². The summed E-state index contributed by atoms with van der Waals surface area (Å²) in [5.41, 5.74) is 1.50. The summed E-state index contributed by atoms with van der Waals surface area (Å²) in [6.07, 6.45) is 2.76. The van der Waals surface area contributed by atoms with Gasteiger partial charge in [-0.1, -0.05) is 17.6 Å². The molecule has 0 unspecified atom stereocenters. The Labute approximate surface area is 153 Å². The van der Waals surface area contributed by atoms with E-state index in [1.807, 2.05) is 0 Å². The molecule has 1 aromatic heterocycles. The molecule has 0 saturated carbocycles. The molecule has 1 aromatic carbocycles. The van der Waals surface area contributed by atoms with Crippen LogP contribution in [0.3, 0.4) is 0 Å². The lowest BCUT2D eigenvalue weighted by molar-refractivity contribution is 0.0437. The van der Waals surface area contributed by atoms with Crippen molar-refractivity contribution in [1.82, 2.24) is 9.46 Å². The maximum absolute atomic E-state index is 12.9. The molecule has 1 saturated heterocycles. The molecule has 0 bridgehead atoms. The first-order valence-electron chi connectivity index (χ1n) is 8.58. The summed E-state index contributed by atoms with van der Waals surface area (Å²) in [6, 6.07) is 6.27. The molecule has 2 aromatic rings. The molecule has 0 aliphatic carbocycles. The second-order valence-electron chi connectivity index (χ2n) is 6.46. The van der Waals surface area contributed by atoms with Crippen LogP contribution in [-0.4, -0.2) is 36.9 Å². The fourth-order valence-electron chi connectivity index (χ4n) is 2.95. The van der Waals surface area contributed by atoms with Crippen molar-refractivity contribution in [3.8, 4) is 0 Å². The summed E-state index contributed by atoms with van der Waals surface area (Å²) in [4.78, 5) is 12.5. The minimum atomic E-state index is -3.62. The van der Waals surface area contributed by atoms with Crippen LogP contribution < -0.4 is 0 Å². The predicted octanol–water partition coefficient (Wildman–Crippen LogP) is 2.82. The number of rotatable bonds is 5. The van der Waals surface area contributed by atoms with Gasteiger partial charge >= 0.3 is 5.97 Å². The summed E-state index contributed by atoms with van der Waals surface area (Å²) in [6.45, 7) is 4.47. The van der Waals surface area contributed by atoms with Gasteiger partial charge in [-0.05, 0) is 44.4 Å². The van der Waals surface area contributed by atoms with Crippen molar-refractivity contribution < 1.29 is 22.5 Å². The van der Waals surface area contributed by atoms with Crippen molar-refractivity contribution in [3.63, 3.8) is 0 Å². The molecule has 1 fully saturated rings. The highest BCUT2D eigenvalue weighted by atomic mass is 32.2. The average molecular weight is 378 g/mol. The lowest BCUT2D eigenvalue weighted by Crippen LogP contribution is -2.36. The van der Waals surface area contributed by atoms with Crippen LogP contribution in [0.4, 0.5) is 0 Å². The van der Waals surface area contributed by atoms with Crippen molar-refractivity contribution in [1.29, 1.82) is 0 Å². The maximum atomic E-state index is 12.9. The maximum Gasteiger partial charge on any atom is 0.338 e. The van der Waals surface area contributed by atoms with E-state index in [-0.39, 0.29) is 17.1 Å². The fourth-order valence-corrected chi connectivity index (χ4v) is 4.72. The Hall–Kier alpha value is -2.19. The van der Waals surface area contributed by atoms with Crippen LogP contribution in [0, 0.1) is 13.8 Å². The molecule has 0 spiro atoms. The van der Waals surface area contributed by atoms with Gasteiger partial charge in [-0.2, -0.15) is 4.31 Å². The molecule has 0 atom stereocenters. The molecular formula is C18H22N2O5S. The minimum absolute atomic E-state index is 0.0538. The summed E-state index contributed by atoms with van der Waals surface area (Å²) in [5, 5.41) is 3.73. The second-order valence-corrected chi connectivity index (χ2v) is 8.36. The molecule has 0 N–H and O–H groups in total. The van der Waals surface area contributed by atoms with E-state index in [0.717, 1.165) is 19.3 Å². The number of esters is 1. The van der Waals surface area contributed by atoms with E-state index in [0.29, 0.717) is 30.1 Å². The molecule has 140 valence electrons.